The van der Waals surface area contributed by atoms with Gasteiger partial charge in [-0.3, -0.25) is 19.8 Å². The number of fused-ring (bicyclic) bond motifs is 2. The predicted octanol–water partition coefficient (Wildman–Crippen LogP) is 3.24. The van der Waals surface area contributed by atoms with Gasteiger partial charge in [0.25, 0.3) is 11.8 Å². The number of aromatic nitrogens is 1. The lowest BCUT2D eigenvalue weighted by Crippen LogP contribution is -2.32. The number of rotatable bonds is 10. The first-order chi connectivity index (χ1) is 20.8. The van der Waals surface area contributed by atoms with E-state index in [9.17, 15) is 19.5 Å². The lowest BCUT2D eigenvalue weighted by atomic mass is 10.1. The van der Waals surface area contributed by atoms with Gasteiger partial charge < -0.3 is 35.2 Å². The molecule has 1 atom stereocenters. The number of nitrogens with one attached hydrogen (secondary N) is 2. The highest BCUT2D eigenvalue weighted by atomic mass is 35.5. The van der Waals surface area contributed by atoms with Crippen LogP contribution in [0, 0.1) is 0 Å². The lowest BCUT2D eigenvalue weighted by molar-refractivity contribution is -0.134. The number of ketones is 1. The highest BCUT2D eigenvalue weighted by molar-refractivity contribution is 6.31. The summed E-state index contributed by atoms with van der Waals surface area (Å²) in [4.78, 5) is 39.6. The van der Waals surface area contributed by atoms with Gasteiger partial charge in [-0.05, 0) is 59.7 Å². The summed E-state index contributed by atoms with van der Waals surface area (Å²) in [5, 5.41) is 12.5. The maximum atomic E-state index is 13.6. The Hall–Kier alpha value is -5.00. The molecule has 0 spiro atoms. The molecule has 220 valence electrons. The fourth-order valence-corrected chi connectivity index (χ4v) is 5.40. The number of carbonyl (C=O) groups excluding carboxylic acids is 3. The van der Waals surface area contributed by atoms with E-state index in [1.165, 1.54) is 0 Å². The van der Waals surface area contributed by atoms with Crippen molar-refractivity contribution < 1.29 is 29.0 Å². The topological polar surface area (TPSA) is 148 Å². The lowest BCUT2D eigenvalue weighted by Gasteiger charge is -2.17. The number of amides is 2. The van der Waals surface area contributed by atoms with Crippen LogP contribution in [0.25, 0.3) is 21.7 Å². The summed E-state index contributed by atoms with van der Waals surface area (Å²) in [7, 11) is 0. The molecule has 0 bridgehead atoms. The van der Waals surface area contributed by atoms with Gasteiger partial charge in [-0.15, -0.1) is 0 Å². The van der Waals surface area contributed by atoms with Gasteiger partial charge in [0.2, 0.25) is 11.7 Å². The van der Waals surface area contributed by atoms with Gasteiger partial charge in [-0.2, -0.15) is 0 Å². The molecule has 2 amide bonds. The number of nitrogens with two attached hydrogens (primary N) is 1. The second-order valence-corrected chi connectivity index (χ2v) is 10.7. The molecule has 1 unspecified atom stereocenters. The van der Waals surface area contributed by atoms with Crippen LogP contribution in [0.1, 0.15) is 27.1 Å². The summed E-state index contributed by atoms with van der Waals surface area (Å²) < 4.78 is 13.7. The van der Waals surface area contributed by atoms with Gasteiger partial charge in [-0.25, -0.2) is 0 Å². The normalized spacial score (nSPS) is 16.2. The van der Waals surface area contributed by atoms with Crippen LogP contribution in [-0.2, 0) is 11.3 Å². The van der Waals surface area contributed by atoms with Crippen LogP contribution >= 0.6 is 11.6 Å². The summed E-state index contributed by atoms with van der Waals surface area (Å²) in [6.07, 6.45) is 6.41. The fourth-order valence-electron chi connectivity index (χ4n) is 5.22. The molecule has 0 saturated carbocycles. The molecule has 3 aromatic carbocycles. The largest absolute Gasteiger partial charge is 0.485 e. The van der Waals surface area contributed by atoms with Crippen molar-refractivity contribution in [3.63, 3.8) is 0 Å². The standard InChI is InChI=1S/C31H28ClN5O6/c32-20-4-3-18-14-28(23(30(33)40)13-19(18)12-20)42-17-27(39)24-16-37(11-10-36-9-7-26(38)31(36)41)25-15-21(5-6-22(24)25)43-29-2-1-8-34-35-29/h1-6,8,12-16,26,34-35,38H,7,9-11,17H2,(H2,33,40). The zero-order valence-corrected chi connectivity index (χ0v) is 23.6. The number of hydrogen-bond acceptors (Lipinski definition) is 8. The molecule has 3 heterocycles. The van der Waals surface area contributed by atoms with E-state index in [4.69, 9.17) is 26.8 Å². The number of aliphatic hydroxyl groups excluding tert-OH is 1. The van der Waals surface area contributed by atoms with Crippen molar-refractivity contribution in [1.29, 1.82) is 0 Å². The summed E-state index contributed by atoms with van der Waals surface area (Å²) in [6.45, 7) is 0.867. The fraction of sp³-hybridized carbons (Fsp3) is 0.194. The number of Topliss-reactive ketones (excluding diaryl/α,β-unsaturated/α-hetero) is 1. The van der Waals surface area contributed by atoms with E-state index in [0.717, 1.165) is 10.8 Å². The average Bonchev–Trinajstić information content (AvgIpc) is 3.53. The Morgan fingerprint density at radius 1 is 1.07 bits per heavy atom. The molecular formula is C31H28ClN5O6. The minimum absolute atomic E-state index is 0.138. The van der Waals surface area contributed by atoms with Crippen molar-refractivity contribution in [2.45, 2.75) is 19.1 Å². The summed E-state index contributed by atoms with van der Waals surface area (Å²) in [5.74, 6) is -0.0933. The SMILES string of the molecule is NC(=O)c1cc2cc(Cl)ccc2cc1OCC(=O)c1cn(CCN2CCC(O)C2=O)c2cc(OC3=CC=CNN3)ccc12. The first kappa shape index (κ1) is 28.1. The molecule has 0 aliphatic carbocycles. The number of hydrazine groups is 1. The van der Waals surface area contributed by atoms with Crippen molar-refractivity contribution in [2.24, 2.45) is 5.73 Å². The summed E-state index contributed by atoms with van der Waals surface area (Å²) in [6, 6.07) is 13.8. The van der Waals surface area contributed by atoms with Gasteiger partial charge in [0.15, 0.2) is 6.61 Å². The molecule has 1 saturated heterocycles. The number of nitrogens with zero attached hydrogens (tertiary/aromatic N) is 2. The van der Waals surface area contributed by atoms with Crippen LogP contribution in [0.2, 0.25) is 5.02 Å². The van der Waals surface area contributed by atoms with Crippen LogP contribution in [0.4, 0.5) is 0 Å². The number of carbonyl (C=O) groups is 3. The maximum Gasteiger partial charge on any atom is 0.252 e. The average molecular weight is 602 g/mol. The molecule has 11 nitrogen and oxygen atoms in total. The second kappa shape index (κ2) is 11.7. The number of allylic oxidation sites excluding steroid dienone is 2. The third-order valence-electron chi connectivity index (χ3n) is 7.41. The van der Waals surface area contributed by atoms with Crippen molar-refractivity contribution in [2.75, 3.05) is 19.7 Å². The maximum absolute atomic E-state index is 13.6. The van der Waals surface area contributed by atoms with Crippen LogP contribution in [-0.4, -0.2) is 58.0 Å². The smallest absolute Gasteiger partial charge is 0.252 e. The summed E-state index contributed by atoms with van der Waals surface area (Å²) in [5.41, 5.74) is 12.6. The van der Waals surface area contributed by atoms with Gasteiger partial charge >= 0.3 is 0 Å². The molecule has 0 radical (unpaired) electrons. The van der Waals surface area contributed by atoms with Gasteiger partial charge in [-0.1, -0.05) is 17.7 Å². The molecule has 6 rings (SSSR count). The van der Waals surface area contributed by atoms with E-state index in [2.05, 4.69) is 10.9 Å². The van der Waals surface area contributed by atoms with Crippen molar-refractivity contribution in [1.82, 2.24) is 20.3 Å². The van der Waals surface area contributed by atoms with Gasteiger partial charge in [0, 0.05) is 60.1 Å². The number of halogens is 1. The minimum atomic E-state index is -0.980. The predicted molar refractivity (Wildman–Crippen MR) is 161 cm³/mol. The number of aliphatic hydroxyl groups is 1. The van der Waals surface area contributed by atoms with Crippen molar-refractivity contribution in [3.05, 3.63) is 95.1 Å². The van der Waals surface area contributed by atoms with Gasteiger partial charge in [0.05, 0.1) is 11.1 Å². The van der Waals surface area contributed by atoms with E-state index in [-0.39, 0.29) is 29.6 Å². The molecule has 43 heavy (non-hydrogen) atoms. The van der Waals surface area contributed by atoms with Gasteiger partial charge in [0.1, 0.15) is 17.6 Å². The second-order valence-electron chi connectivity index (χ2n) is 10.2. The number of hydrogen-bond donors (Lipinski definition) is 4. The molecule has 2 aliphatic rings. The van der Waals surface area contributed by atoms with Crippen molar-refractivity contribution in [3.8, 4) is 11.5 Å². The highest BCUT2D eigenvalue weighted by Crippen LogP contribution is 2.30. The van der Waals surface area contributed by atoms with E-state index in [0.29, 0.717) is 59.2 Å². The Labute approximate surface area is 251 Å². The molecule has 1 aromatic heterocycles. The van der Waals surface area contributed by atoms with Crippen LogP contribution in [0.15, 0.2) is 79.0 Å². The van der Waals surface area contributed by atoms with Crippen LogP contribution < -0.4 is 26.1 Å². The van der Waals surface area contributed by atoms with Crippen LogP contribution in [0.3, 0.4) is 0 Å². The third-order valence-corrected chi connectivity index (χ3v) is 7.64. The Balaban J connectivity index is 1.28. The van der Waals surface area contributed by atoms with Crippen molar-refractivity contribution >= 4 is 50.9 Å². The minimum Gasteiger partial charge on any atom is -0.485 e. The van der Waals surface area contributed by atoms with E-state index >= 15 is 0 Å². The van der Waals surface area contributed by atoms with Crippen LogP contribution in [0.5, 0.6) is 11.5 Å². The highest BCUT2D eigenvalue weighted by Gasteiger charge is 2.29. The molecule has 4 aromatic rings. The third kappa shape index (κ3) is 5.85. The first-order valence-corrected chi connectivity index (χ1v) is 14.0. The number of likely N-dealkylation sites (tertiary alicyclic amines) is 1. The number of benzene rings is 3. The molecule has 5 N–H and O–H groups in total. The Morgan fingerprint density at radius 2 is 1.93 bits per heavy atom. The van der Waals surface area contributed by atoms with E-state index in [1.54, 1.807) is 71.9 Å². The monoisotopic (exact) mass is 601 g/mol. The first-order valence-electron chi connectivity index (χ1n) is 13.6. The number of ether oxygens (including phenoxy) is 2. The molecule has 2 aliphatic heterocycles. The zero-order chi connectivity index (χ0) is 30.1. The molecule has 1 fully saturated rings. The quantitative estimate of drug-likeness (QED) is 0.203. The zero-order valence-electron chi connectivity index (χ0n) is 22.9. The molecular weight excluding hydrogens is 574 g/mol. The number of primary amides is 1. The Bertz CT molecular complexity index is 1830. The summed E-state index contributed by atoms with van der Waals surface area (Å²) >= 11 is 6.10. The Morgan fingerprint density at radius 3 is 2.67 bits per heavy atom. The van der Waals surface area contributed by atoms with E-state index < -0.39 is 12.0 Å². The Kier molecular flexibility index (Phi) is 7.66. The molecule has 12 heteroatoms. The van der Waals surface area contributed by atoms with E-state index in [1.807, 2.05) is 10.6 Å².